The Morgan fingerprint density at radius 1 is 1.23 bits per heavy atom. The number of ketones is 1. The van der Waals surface area contributed by atoms with E-state index >= 15 is 0 Å². The van der Waals surface area contributed by atoms with E-state index in [-0.39, 0.29) is 0 Å². The first-order valence-electron chi connectivity index (χ1n) is 9.53. The second-order valence-electron chi connectivity index (χ2n) is 6.68. The summed E-state index contributed by atoms with van der Waals surface area (Å²) in [6.45, 7) is 5.90. The minimum Gasteiger partial charge on any atom is -0.492 e. The van der Waals surface area contributed by atoms with E-state index in [0.29, 0.717) is 29.3 Å². The molecule has 0 spiro atoms. The summed E-state index contributed by atoms with van der Waals surface area (Å²) in [5, 5.41) is 12.2. The number of pyridine rings is 1. The number of anilines is 1. The molecule has 3 rings (SSSR count). The largest absolute Gasteiger partial charge is 0.492 e. The Kier molecular flexibility index (Phi) is 6.28. The van der Waals surface area contributed by atoms with Crippen molar-refractivity contribution in [2.24, 2.45) is 5.92 Å². The summed E-state index contributed by atoms with van der Waals surface area (Å²) in [6.07, 6.45) is 3.35. The molecular formula is C23H22N4O3. The molecule has 2 aromatic heterocycles. The van der Waals surface area contributed by atoms with Gasteiger partial charge in [-0.2, -0.15) is 5.26 Å². The Balaban J connectivity index is 1.89. The topological polar surface area (TPSA) is 97.0 Å². The van der Waals surface area contributed by atoms with E-state index < -0.39 is 17.6 Å². The fourth-order valence-electron chi connectivity index (χ4n) is 3.34. The monoisotopic (exact) mass is 402 g/mol. The molecule has 1 amide bonds. The zero-order valence-electron chi connectivity index (χ0n) is 17.0. The molecule has 1 aromatic carbocycles. The molecule has 30 heavy (non-hydrogen) atoms. The summed E-state index contributed by atoms with van der Waals surface area (Å²) >= 11 is 0. The van der Waals surface area contributed by atoms with Crippen LogP contribution >= 0.6 is 0 Å². The van der Waals surface area contributed by atoms with Crippen molar-refractivity contribution in [3.63, 3.8) is 0 Å². The molecule has 2 heterocycles. The van der Waals surface area contributed by atoms with E-state index in [0.717, 1.165) is 11.4 Å². The highest BCUT2D eigenvalue weighted by Crippen LogP contribution is 2.26. The number of hydrogen-bond donors (Lipinski definition) is 1. The molecule has 0 aliphatic heterocycles. The Labute approximate surface area is 174 Å². The first-order valence-corrected chi connectivity index (χ1v) is 9.53. The van der Waals surface area contributed by atoms with E-state index in [1.54, 1.807) is 55.7 Å². The molecule has 0 radical (unpaired) electrons. The lowest BCUT2D eigenvalue weighted by Crippen LogP contribution is -2.29. The van der Waals surface area contributed by atoms with Gasteiger partial charge in [0.2, 0.25) is 5.91 Å². The number of benzene rings is 1. The summed E-state index contributed by atoms with van der Waals surface area (Å²) in [5.74, 6) is -2.25. The zero-order valence-corrected chi connectivity index (χ0v) is 17.0. The fourth-order valence-corrected chi connectivity index (χ4v) is 3.34. The minimum absolute atomic E-state index is 0.330. The van der Waals surface area contributed by atoms with Gasteiger partial charge in [0.25, 0.3) is 0 Å². The van der Waals surface area contributed by atoms with Crippen LogP contribution in [0.1, 0.15) is 28.7 Å². The number of nitrogens with one attached hydrogen (secondary N) is 1. The van der Waals surface area contributed by atoms with E-state index in [4.69, 9.17) is 4.74 Å². The average Bonchev–Trinajstić information content (AvgIpc) is 3.04. The van der Waals surface area contributed by atoms with Gasteiger partial charge in [0.15, 0.2) is 11.7 Å². The van der Waals surface area contributed by atoms with Crippen LogP contribution in [0.25, 0.3) is 5.69 Å². The minimum atomic E-state index is -1.48. The average molecular weight is 402 g/mol. The predicted octanol–water partition coefficient (Wildman–Crippen LogP) is 3.85. The number of carbonyl (C=O) groups excluding carboxylic acids is 2. The molecular weight excluding hydrogens is 380 g/mol. The maximum absolute atomic E-state index is 13.1. The van der Waals surface area contributed by atoms with Crippen LogP contribution in [0.5, 0.6) is 5.75 Å². The quantitative estimate of drug-likeness (QED) is 0.478. The summed E-state index contributed by atoms with van der Waals surface area (Å²) < 4.78 is 7.36. The number of amides is 1. The third-order valence-corrected chi connectivity index (χ3v) is 4.70. The zero-order chi connectivity index (χ0) is 21.7. The number of Topliss-reactive ketones (excluding diaryl/α,β-unsaturated/α-hetero) is 1. The third kappa shape index (κ3) is 4.08. The number of para-hydroxylation sites is 2. The number of nitriles is 1. The first kappa shape index (κ1) is 20.8. The number of rotatable bonds is 7. The van der Waals surface area contributed by atoms with Crippen molar-refractivity contribution in [1.29, 1.82) is 5.26 Å². The molecule has 3 aromatic rings. The summed E-state index contributed by atoms with van der Waals surface area (Å²) in [4.78, 5) is 30.0. The van der Waals surface area contributed by atoms with Crippen molar-refractivity contribution in [2.45, 2.75) is 20.8 Å². The molecule has 0 saturated carbocycles. The van der Waals surface area contributed by atoms with E-state index in [2.05, 4.69) is 10.3 Å². The number of nitrogens with zero attached hydrogens (tertiary/aromatic N) is 3. The molecule has 7 nitrogen and oxygen atoms in total. The normalized spacial score (nSPS) is 11.4. The van der Waals surface area contributed by atoms with Gasteiger partial charge in [0.1, 0.15) is 5.75 Å². The molecule has 1 N–H and O–H groups in total. The molecule has 0 aliphatic carbocycles. The van der Waals surface area contributed by atoms with Crippen molar-refractivity contribution in [1.82, 2.24) is 9.55 Å². The fraction of sp³-hybridized carbons (Fsp3) is 0.217. The second-order valence-corrected chi connectivity index (χ2v) is 6.68. The SMILES string of the molecule is CCOc1ccccc1NC(=O)C(C#N)C(=O)c1cc(C)n(-c2cccnc2)c1C. The predicted molar refractivity (Wildman–Crippen MR) is 113 cm³/mol. The second kappa shape index (κ2) is 9.05. The van der Waals surface area contributed by atoms with Gasteiger partial charge in [-0.1, -0.05) is 12.1 Å². The number of hydrogen-bond acceptors (Lipinski definition) is 5. The van der Waals surface area contributed by atoms with Gasteiger partial charge in [-0.25, -0.2) is 0 Å². The van der Waals surface area contributed by atoms with Gasteiger partial charge in [-0.3, -0.25) is 14.6 Å². The van der Waals surface area contributed by atoms with Crippen molar-refractivity contribution in [3.8, 4) is 17.5 Å². The Hall–Kier alpha value is -3.92. The third-order valence-electron chi connectivity index (χ3n) is 4.70. The number of ether oxygens (including phenoxy) is 1. The van der Waals surface area contributed by atoms with Crippen LogP contribution in [0.15, 0.2) is 54.9 Å². The van der Waals surface area contributed by atoms with E-state index in [1.807, 2.05) is 30.6 Å². The number of carbonyl (C=O) groups is 2. The van der Waals surface area contributed by atoms with Crippen LogP contribution in [0.2, 0.25) is 0 Å². The van der Waals surface area contributed by atoms with Crippen LogP contribution < -0.4 is 10.1 Å². The van der Waals surface area contributed by atoms with Gasteiger partial charge in [0, 0.05) is 23.1 Å². The van der Waals surface area contributed by atoms with Crippen molar-refractivity contribution >= 4 is 17.4 Å². The Morgan fingerprint density at radius 2 is 2.00 bits per heavy atom. The van der Waals surface area contributed by atoms with Crippen molar-refractivity contribution in [2.75, 3.05) is 11.9 Å². The highest BCUT2D eigenvalue weighted by atomic mass is 16.5. The smallest absolute Gasteiger partial charge is 0.249 e. The van der Waals surface area contributed by atoms with Gasteiger partial charge < -0.3 is 14.6 Å². The lowest BCUT2D eigenvalue weighted by molar-refractivity contribution is -0.117. The standard InChI is InChI=1S/C23H22N4O3/c1-4-30-21-10-6-5-9-20(21)26-23(29)19(13-24)22(28)18-12-15(2)27(16(18)3)17-8-7-11-25-14-17/h5-12,14,19H,4H2,1-3H3,(H,26,29). The summed E-state index contributed by atoms with van der Waals surface area (Å²) in [7, 11) is 0. The van der Waals surface area contributed by atoms with Crippen LogP contribution in [0, 0.1) is 31.1 Å². The Morgan fingerprint density at radius 3 is 2.67 bits per heavy atom. The molecule has 0 bridgehead atoms. The molecule has 7 heteroatoms. The number of aryl methyl sites for hydroxylation is 1. The van der Waals surface area contributed by atoms with Crippen LogP contribution in [-0.4, -0.2) is 27.8 Å². The van der Waals surface area contributed by atoms with Gasteiger partial charge in [0.05, 0.1) is 30.2 Å². The van der Waals surface area contributed by atoms with Gasteiger partial charge in [-0.05, 0) is 51.1 Å². The summed E-state index contributed by atoms with van der Waals surface area (Å²) in [5.41, 5.74) is 3.00. The Bertz CT molecular complexity index is 1110. The highest BCUT2D eigenvalue weighted by molar-refractivity contribution is 6.16. The van der Waals surface area contributed by atoms with Gasteiger partial charge >= 0.3 is 0 Å². The van der Waals surface area contributed by atoms with Crippen molar-refractivity contribution < 1.29 is 14.3 Å². The summed E-state index contributed by atoms with van der Waals surface area (Å²) in [6, 6.07) is 14.1. The lowest BCUT2D eigenvalue weighted by atomic mass is 9.98. The lowest BCUT2D eigenvalue weighted by Gasteiger charge is -2.13. The highest BCUT2D eigenvalue weighted by Gasteiger charge is 2.31. The van der Waals surface area contributed by atoms with Crippen molar-refractivity contribution in [3.05, 3.63) is 71.8 Å². The van der Waals surface area contributed by atoms with Gasteiger partial charge in [-0.15, -0.1) is 0 Å². The molecule has 0 aliphatic rings. The maximum atomic E-state index is 13.1. The first-order chi connectivity index (χ1) is 14.5. The molecule has 152 valence electrons. The molecule has 1 unspecified atom stereocenters. The molecule has 0 fully saturated rings. The maximum Gasteiger partial charge on any atom is 0.249 e. The van der Waals surface area contributed by atoms with Crippen LogP contribution in [-0.2, 0) is 4.79 Å². The molecule has 0 saturated heterocycles. The van der Waals surface area contributed by atoms with Crippen LogP contribution in [0.3, 0.4) is 0 Å². The molecule has 1 atom stereocenters. The van der Waals surface area contributed by atoms with E-state index in [9.17, 15) is 14.9 Å². The number of aromatic nitrogens is 2. The van der Waals surface area contributed by atoms with E-state index in [1.165, 1.54) is 0 Å². The van der Waals surface area contributed by atoms with Crippen LogP contribution in [0.4, 0.5) is 5.69 Å².